The smallest absolute Gasteiger partial charge is 0.0635 e. The molecule has 0 atom stereocenters. The van der Waals surface area contributed by atoms with Gasteiger partial charge in [0.25, 0.3) is 0 Å². The molecule has 0 spiro atoms. The highest BCUT2D eigenvalue weighted by Crippen LogP contribution is 2.27. The van der Waals surface area contributed by atoms with Gasteiger partial charge in [-0.1, -0.05) is 36.1 Å². The van der Waals surface area contributed by atoms with Gasteiger partial charge in [0.1, 0.15) is 0 Å². The van der Waals surface area contributed by atoms with Gasteiger partial charge in [-0.05, 0) is 11.5 Å². The number of fused-ring (bicyclic) bond motifs is 1. The second-order valence-electron chi connectivity index (χ2n) is 3.22. The van der Waals surface area contributed by atoms with Crippen molar-refractivity contribution >= 4 is 16.5 Å². The largest absolute Gasteiger partial charge is 0.397 e. The first kappa shape index (κ1) is 9.19. The van der Waals surface area contributed by atoms with Gasteiger partial charge in [-0.15, -0.1) is 12.8 Å². The molecule has 0 aliphatic carbocycles. The van der Waals surface area contributed by atoms with E-state index in [0.29, 0.717) is 16.8 Å². The Morgan fingerprint density at radius 1 is 1.07 bits per heavy atom. The van der Waals surface area contributed by atoms with E-state index in [2.05, 4.69) is 11.8 Å². The number of nitrogen functional groups attached to an aromatic ring is 1. The van der Waals surface area contributed by atoms with Crippen LogP contribution in [-0.4, -0.2) is 0 Å². The summed E-state index contributed by atoms with van der Waals surface area (Å²) >= 11 is 0. The second kappa shape index (κ2) is 3.40. The molecule has 2 N–H and O–H groups in total. The number of terminal acetylenes is 2. The number of nitrogens with two attached hydrogens (primary N) is 1. The number of hydrogen-bond acceptors (Lipinski definition) is 1. The van der Waals surface area contributed by atoms with Crippen LogP contribution in [0.1, 0.15) is 11.1 Å². The van der Waals surface area contributed by atoms with Gasteiger partial charge in [0.15, 0.2) is 0 Å². The van der Waals surface area contributed by atoms with Gasteiger partial charge in [-0.3, -0.25) is 0 Å². The number of hydrogen-bond donors (Lipinski definition) is 1. The van der Waals surface area contributed by atoms with Crippen molar-refractivity contribution in [3.8, 4) is 24.7 Å². The Hall–Kier alpha value is -2.38. The summed E-state index contributed by atoms with van der Waals surface area (Å²) in [6, 6.07) is 9.66. The van der Waals surface area contributed by atoms with E-state index in [1.807, 2.05) is 30.3 Å². The average molecular weight is 191 g/mol. The molecule has 0 radical (unpaired) electrons. The first-order valence-electron chi connectivity index (χ1n) is 4.52. The first-order valence-corrected chi connectivity index (χ1v) is 4.52. The molecule has 2 rings (SSSR count). The van der Waals surface area contributed by atoms with E-state index < -0.39 is 0 Å². The fraction of sp³-hybridized carbons (Fsp3) is 0. The van der Waals surface area contributed by atoms with Gasteiger partial charge >= 0.3 is 0 Å². The molecule has 0 saturated carbocycles. The van der Waals surface area contributed by atoms with Crippen molar-refractivity contribution in [3.05, 3.63) is 41.5 Å². The van der Waals surface area contributed by atoms with E-state index in [4.69, 9.17) is 18.6 Å². The molecule has 0 fully saturated rings. The fourth-order valence-electron chi connectivity index (χ4n) is 1.64. The van der Waals surface area contributed by atoms with Gasteiger partial charge in [-0.2, -0.15) is 0 Å². The zero-order chi connectivity index (χ0) is 10.8. The maximum Gasteiger partial charge on any atom is 0.0635 e. The molecule has 1 heteroatoms. The molecule has 2 aromatic rings. The molecule has 2 aromatic carbocycles. The van der Waals surface area contributed by atoms with Crippen LogP contribution in [0.25, 0.3) is 10.8 Å². The lowest BCUT2D eigenvalue weighted by atomic mass is 9.99. The minimum atomic E-state index is 0.587. The third-order valence-corrected chi connectivity index (χ3v) is 2.39. The predicted molar refractivity (Wildman–Crippen MR) is 64.2 cm³/mol. The maximum absolute atomic E-state index is 5.97. The summed E-state index contributed by atoms with van der Waals surface area (Å²) in [6.07, 6.45) is 10.8. The van der Waals surface area contributed by atoms with Crippen molar-refractivity contribution in [3.63, 3.8) is 0 Å². The van der Waals surface area contributed by atoms with Gasteiger partial charge in [0.2, 0.25) is 0 Å². The van der Waals surface area contributed by atoms with E-state index >= 15 is 0 Å². The van der Waals surface area contributed by atoms with Crippen LogP contribution in [-0.2, 0) is 0 Å². The first-order chi connectivity index (χ1) is 7.27. The zero-order valence-electron chi connectivity index (χ0n) is 8.12. The molecule has 70 valence electrons. The molecule has 0 unspecified atom stereocenters. The van der Waals surface area contributed by atoms with E-state index in [1.54, 1.807) is 0 Å². The zero-order valence-corrected chi connectivity index (χ0v) is 8.12. The van der Waals surface area contributed by atoms with Crippen LogP contribution in [0.2, 0.25) is 0 Å². The van der Waals surface area contributed by atoms with Crippen molar-refractivity contribution in [1.29, 1.82) is 0 Å². The van der Waals surface area contributed by atoms with Crippen molar-refractivity contribution in [2.24, 2.45) is 0 Å². The van der Waals surface area contributed by atoms with Crippen LogP contribution in [0, 0.1) is 24.7 Å². The number of rotatable bonds is 0. The third-order valence-electron chi connectivity index (χ3n) is 2.39. The summed E-state index contributed by atoms with van der Waals surface area (Å²) in [6.45, 7) is 0. The van der Waals surface area contributed by atoms with Gasteiger partial charge in [0.05, 0.1) is 11.3 Å². The summed E-state index contributed by atoms with van der Waals surface area (Å²) in [5.41, 5.74) is 7.84. The lowest BCUT2D eigenvalue weighted by molar-refractivity contribution is 1.63. The number of anilines is 1. The normalized spacial score (nSPS) is 9.47. The molecule has 0 aliphatic rings. The minimum Gasteiger partial charge on any atom is -0.397 e. The second-order valence-corrected chi connectivity index (χ2v) is 3.22. The lowest BCUT2D eigenvalue weighted by Crippen LogP contribution is -1.95. The molecule has 0 heterocycles. The Morgan fingerprint density at radius 2 is 1.80 bits per heavy atom. The fourth-order valence-corrected chi connectivity index (χ4v) is 1.64. The minimum absolute atomic E-state index is 0.587. The summed E-state index contributed by atoms with van der Waals surface area (Å²) in [5, 5.41) is 1.96. The Kier molecular flexibility index (Phi) is 2.08. The molecular formula is C14H9N. The van der Waals surface area contributed by atoms with Crippen molar-refractivity contribution in [1.82, 2.24) is 0 Å². The Morgan fingerprint density at radius 3 is 2.47 bits per heavy atom. The molecule has 1 nitrogen and oxygen atoms in total. The van der Waals surface area contributed by atoms with Gasteiger partial charge < -0.3 is 5.73 Å². The molecule has 0 aromatic heterocycles. The van der Waals surface area contributed by atoms with Crippen molar-refractivity contribution < 1.29 is 0 Å². The van der Waals surface area contributed by atoms with Gasteiger partial charge in [-0.25, -0.2) is 0 Å². The Balaban J connectivity index is 2.97. The van der Waals surface area contributed by atoms with E-state index in [1.165, 1.54) is 0 Å². The topological polar surface area (TPSA) is 26.0 Å². The van der Waals surface area contributed by atoms with Crippen LogP contribution in [0.15, 0.2) is 30.3 Å². The highest BCUT2D eigenvalue weighted by molar-refractivity contribution is 5.97. The van der Waals surface area contributed by atoms with Crippen molar-refractivity contribution in [2.75, 3.05) is 5.73 Å². The molecule has 0 bridgehead atoms. The van der Waals surface area contributed by atoms with Crippen LogP contribution < -0.4 is 5.73 Å². The Labute approximate surface area is 88.9 Å². The molecule has 0 amide bonds. The van der Waals surface area contributed by atoms with Crippen LogP contribution in [0.5, 0.6) is 0 Å². The highest BCUT2D eigenvalue weighted by atomic mass is 14.6. The van der Waals surface area contributed by atoms with Crippen LogP contribution in [0.3, 0.4) is 0 Å². The predicted octanol–water partition coefficient (Wildman–Crippen LogP) is 2.38. The average Bonchev–Trinajstić information content (AvgIpc) is 2.29. The molecule has 0 aliphatic heterocycles. The van der Waals surface area contributed by atoms with Crippen LogP contribution >= 0.6 is 0 Å². The van der Waals surface area contributed by atoms with Crippen LogP contribution in [0.4, 0.5) is 5.69 Å². The third kappa shape index (κ3) is 1.31. The summed E-state index contributed by atoms with van der Waals surface area (Å²) in [7, 11) is 0. The summed E-state index contributed by atoms with van der Waals surface area (Å²) < 4.78 is 0. The van der Waals surface area contributed by atoms with Gasteiger partial charge in [0, 0.05) is 10.9 Å². The standard InChI is InChI=1S/C14H9N/c1-3-10-9-11-7-5-6-8-13(11)14(15)12(10)4-2/h1-2,5-9H,15H2. The van der Waals surface area contributed by atoms with E-state index in [-0.39, 0.29) is 0 Å². The maximum atomic E-state index is 5.97. The molecule has 0 saturated heterocycles. The SMILES string of the molecule is C#Cc1cc2ccccc2c(N)c1C#C. The molecule has 15 heavy (non-hydrogen) atoms. The highest BCUT2D eigenvalue weighted by Gasteiger charge is 2.06. The lowest BCUT2D eigenvalue weighted by Gasteiger charge is -2.07. The summed E-state index contributed by atoms with van der Waals surface area (Å²) in [4.78, 5) is 0. The Bertz CT molecular complexity index is 609. The van der Waals surface area contributed by atoms with Crippen molar-refractivity contribution in [2.45, 2.75) is 0 Å². The number of benzene rings is 2. The van der Waals surface area contributed by atoms with E-state index in [9.17, 15) is 0 Å². The summed E-state index contributed by atoms with van der Waals surface area (Å²) in [5.74, 6) is 5.10. The molecular weight excluding hydrogens is 182 g/mol. The quantitative estimate of drug-likeness (QED) is 0.502. The van der Waals surface area contributed by atoms with E-state index in [0.717, 1.165) is 10.8 Å². The monoisotopic (exact) mass is 191 g/mol.